The lowest BCUT2D eigenvalue weighted by Crippen LogP contribution is -2.37. The van der Waals surface area contributed by atoms with Crippen LogP contribution in [0.25, 0.3) is 22.3 Å². The third-order valence-corrected chi connectivity index (χ3v) is 6.33. The molecule has 1 aromatic carbocycles. The van der Waals surface area contributed by atoms with E-state index in [9.17, 15) is 4.79 Å². The molecule has 0 unspecified atom stereocenters. The average molecular weight is 472 g/mol. The summed E-state index contributed by atoms with van der Waals surface area (Å²) in [7, 11) is 0. The van der Waals surface area contributed by atoms with Crippen LogP contribution in [0.3, 0.4) is 0 Å². The summed E-state index contributed by atoms with van der Waals surface area (Å²) in [4.78, 5) is 31.4. The maximum Gasteiger partial charge on any atom is 0.354 e. The van der Waals surface area contributed by atoms with Crippen molar-refractivity contribution in [3.63, 3.8) is 0 Å². The van der Waals surface area contributed by atoms with Crippen molar-refractivity contribution in [2.24, 2.45) is 5.92 Å². The molecule has 4 aromatic rings. The Balaban J connectivity index is 1.35. The Morgan fingerprint density at radius 2 is 1.94 bits per heavy atom. The highest BCUT2D eigenvalue weighted by Gasteiger charge is 2.22. The van der Waals surface area contributed by atoms with Crippen LogP contribution in [-0.2, 0) is 11.3 Å². The van der Waals surface area contributed by atoms with Crippen molar-refractivity contribution in [1.82, 2.24) is 24.5 Å². The van der Waals surface area contributed by atoms with Gasteiger partial charge in [-0.25, -0.2) is 19.7 Å². The third-order valence-electron chi connectivity index (χ3n) is 6.33. The molecule has 10 heteroatoms. The second-order valence-electron chi connectivity index (χ2n) is 8.94. The van der Waals surface area contributed by atoms with Crippen molar-refractivity contribution in [3.8, 4) is 11.3 Å². The van der Waals surface area contributed by atoms with E-state index in [1.54, 1.807) is 6.07 Å². The van der Waals surface area contributed by atoms with Crippen LogP contribution in [0.1, 0.15) is 23.3 Å². The molecule has 0 bridgehead atoms. The topological polar surface area (TPSA) is 118 Å². The van der Waals surface area contributed by atoms with Gasteiger partial charge in [-0.2, -0.15) is 4.98 Å². The summed E-state index contributed by atoms with van der Waals surface area (Å²) >= 11 is 0. The zero-order valence-corrected chi connectivity index (χ0v) is 19.1. The van der Waals surface area contributed by atoms with Gasteiger partial charge in [0.1, 0.15) is 11.5 Å². The molecule has 6 rings (SSSR count). The first kappa shape index (κ1) is 21.5. The van der Waals surface area contributed by atoms with Crippen LogP contribution in [0.2, 0.25) is 0 Å². The second-order valence-corrected chi connectivity index (χ2v) is 8.94. The first-order chi connectivity index (χ1) is 17.1. The SMILES string of the molecule is O=C(O)c1ccc(Nc2cc(-c3ccc4c(c3)ncn4CC3CC3)nc(N3CCOCC3)n2)cn1. The van der Waals surface area contributed by atoms with Gasteiger partial charge in [-0.15, -0.1) is 0 Å². The molecule has 0 atom stereocenters. The number of aromatic carboxylic acids is 1. The number of hydrogen-bond acceptors (Lipinski definition) is 8. The predicted octanol–water partition coefficient (Wildman–Crippen LogP) is 3.58. The first-order valence-electron chi connectivity index (χ1n) is 11.8. The molecule has 4 heterocycles. The zero-order valence-electron chi connectivity index (χ0n) is 19.1. The highest BCUT2D eigenvalue weighted by Crippen LogP contribution is 2.32. The van der Waals surface area contributed by atoms with E-state index in [4.69, 9.17) is 19.8 Å². The molecule has 0 spiro atoms. The highest BCUT2D eigenvalue weighted by atomic mass is 16.5. The van der Waals surface area contributed by atoms with E-state index >= 15 is 0 Å². The fraction of sp³-hybridized carbons (Fsp3) is 0.320. The smallest absolute Gasteiger partial charge is 0.354 e. The van der Waals surface area contributed by atoms with Crippen molar-refractivity contribution in [2.75, 3.05) is 36.5 Å². The molecule has 0 amide bonds. The van der Waals surface area contributed by atoms with Crippen molar-refractivity contribution in [3.05, 3.63) is 54.6 Å². The van der Waals surface area contributed by atoms with E-state index < -0.39 is 5.97 Å². The lowest BCUT2D eigenvalue weighted by molar-refractivity contribution is 0.0690. The van der Waals surface area contributed by atoms with Gasteiger partial charge in [0.05, 0.1) is 48.2 Å². The standard InChI is InChI=1S/C25H25N7O3/c33-24(34)19-5-4-18(13-26-19)28-23-12-20(29-25(30-23)31-7-9-35-10-8-31)17-3-6-22-21(11-17)27-15-32(22)14-16-1-2-16/h3-6,11-13,15-16H,1-2,7-10,14H2,(H,33,34)(H,28,29,30). The van der Waals surface area contributed by atoms with E-state index in [1.165, 1.54) is 25.1 Å². The molecule has 1 saturated heterocycles. The molecule has 1 aliphatic heterocycles. The number of aromatic nitrogens is 5. The monoisotopic (exact) mass is 471 g/mol. The van der Waals surface area contributed by atoms with Gasteiger partial charge in [-0.1, -0.05) is 6.07 Å². The van der Waals surface area contributed by atoms with Crippen molar-refractivity contribution in [1.29, 1.82) is 0 Å². The number of morpholine rings is 1. The number of carboxylic acid groups (broad SMARTS) is 1. The number of rotatable bonds is 7. The zero-order chi connectivity index (χ0) is 23.8. The van der Waals surface area contributed by atoms with Gasteiger partial charge < -0.3 is 24.6 Å². The number of pyridine rings is 1. The third kappa shape index (κ3) is 4.65. The number of anilines is 3. The molecule has 2 aliphatic rings. The number of imidazole rings is 1. The number of carbonyl (C=O) groups is 1. The van der Waals surface area contributed by atoms with Gasteiger partial charge in [-0.05, 0) is 43.0 Å². The Morgan fingerprint density at radius 1 is 1.09 bits per heavy atom. The van der Waals surface area contributed by atoms with Gasteiger partial charge in [0.2, 0.25) is 5.95 Å². The summed E-state index contributed by atoms with van der Waals surface area (Å²) in [6.07, 6.45) is 6.01. The molecule has 2 fully saturated rings. The van der Waals surface area contributed by atoms with Crippen LogP contribution in [0, 0.1) is 5.92 Å². The molecule has 1 saturated carbocycles. The summed E-state index contributed by atoms with van der Waals surface area (Å²) in [5.41, 5.74) is 4.43. The van der Waals surface area contributed by atoms with Crippen molar-refractivity contribution >= 4 is 34.5 Å². The van der Waals surface area contributed by atoms with E-state index in [1.807, 2.05) is 12.4 Å². The Kier molecular flexibility index (Phi) is 5.49. The highest BCUT2D eigenvalue weighted by molar-refractivity contribution is 5.85. The van der Waals surface area contributed by atoms with Crippen LogP contribution in [0.5, 0.6) is 0 Å². The Morgan fingerprint density at radius 3 is 2.69 bits per heavy atom. The molecular weight excluding hydrogens is 446 g/mol. The fourth-order valence-corrected chi connectivity index (χ4v) is 4.24. The van der Waals surface area contributed by atoms with Crippen molar-refractivity contribution in [2.45, 2.75) is 19.4 Å². The summed E-state index contributed by atoms with van der Waals surface area (Å²) < 4.78 is 7.73. The number of nitrogens with zero attached hydrogens (tertiary/aromatic N) is 6. The van der Waals surface area contributed by atoms with E-state index in [2.05, 4.69) is 43.0 Å². The maximum absolute atomic E-state index is 11.1. The number of fused-ring (bicyclic) bond motifs is 1. The normalized spacial score (nSPS) is 15.9. The predicted molar refractivity (Wildman–Crippen MR) is 131 cm³/mol. The van der Waals surface area contributed by atoms with Gasteiger partial charge in [0.25, 0.3) is 0 Å². The van der Waals surface area contributed by atoms with Crippen LogP contribution in [-0.4, -0.2) is 61.9 Å². The Bertz CT molecular complexity index is 1380. The van der Waals surface area contributed by atoms with E-state index in [-0.39, 0.29) is 5.69 Å². The fourth-order valence-electron chi connectivity index (χ4n) is 4.24. The molecule has 3 aromatic heterocycles. The van der Waals surface area contributed by atoms with Gasteiger partial charge in [-0.3, -0.25) is 0 Å². The lowest BCUT2D eigenvalue weighted by Gasteiger charge is -2.27. The minimum Gasteiger partial charge on any atom is -0.477 e. The molecule has 10 nitrogen and oxygen atoms in total. The number of hydrogen-bond donors (Lipinski definition) is 2. The first-order valence-corrected chi connectivity index (χ1v) is 11.8. The summed E-state index contributed by atoms with van der Waals surface area (Å²) in [6.45, 7) is 3.70. The molecule has 35 heavy (non-hydrogen) atoms. The van der Waals surface area contributed by atoms with E-state index in [0.717, 1.165) is 34.8 Å². The minimum atomic E-state index is -1.06. The lowest BCUT2D eigenvalue weighted by atomic mass is 10.1. The van der Waals surface area contributed by atoms with Gasteiger partial charge >= 0.3 is 5.97 Å². The number of ether oxygens (including phenoxy) is 1. The Labute approximate surface area is 201 Å². The molecular formula is C25H25N7O3. The van der Waals surface area contributed by atoms with Gasteiger partial charge in [0.15, 0.2) is 0 Å². The molecule has 2 N–H and O–H groups in total. The van der Waals surface area contributed by atoms with Crippen molar-refractivity contribution < 1.29 is 14.6 Å². The molecule has 178 valence electrons. The molecule has 0 radical (unpaired) electrons. The van der Waals surface area contributed by atoms with Crippen LogP contribution in [0.15, 0.2) is 48.9 Å². The largest absolute Gasteiger partial charge is 0.477 e. The minimum absolute atomic E-state index is 0.0117. The van der Waals surface area contributed by atoms with Crippen LogP contribution >= 0.6 is 0 Å². The van der Waals surface area contributed by atoms with Crippen LogP contribution < -0.4 is 10.2 Å². The Hall–Kier alpha value is -4.05. The van der Waals surface area contributed by atoms with E-state index in [0.29, 0.717) is 43.8 Å². The number of nitrogens with one attached hydrogen (secondary N) is 1. The quantitative estimate of drug-likeness (QED) is 0.417. The number of benzene rings is 1. The molecule has 1 aliphatic carbocycles. The average Bonchev–Trinajstić information content (AvgIpc) is 3.62. The second kappa shape index (κ2) is 8.95. The summed E-state index contributed by atoms with van der Waals surface area (Å²) in [6, 6.07) is 11.3. The maximum atomic E-state index is 11.1. The number of carboxylic acids is 1. The van der Waals surface area contributed by atoms with Crippen LogP contribution in [0.4, 0.5) is 17.5 Å². The summed E-state index contributed by atoms with van der Waals surface area (Å²) in [5.74, 6) is 0.923. The summed E-state index contributed by atoms with van der Waals surface area (Å²) in [5, 5.41) is 12.4. The van der Waals surface area contributed by atoms with Gasteiger partial charge in [0, 0.05) is 31.3 Å².